The molecule has 0 fully saturated rings. The molecule has 31 heavy (non-hydrogen) atoms. The van der Waals surface area contributed by atoms with Crippen LogP contribution in [0.4, 0.5) is 0 Å². The summed E-state index contributed by atoms with van der Waals surface area (Å²) in [5.41, 5.74) is 4.48. The molecule has 0 amide bonds. The van der Waals surface area contributed by atoms with Gasteiger partial charge in [0.05, 0.1) is 0 Å². The first-order chi connectivity index (χ1) is 15.3. The summed E-state index contributed by atoms with van der Waals surface area (Å²) in [4.78, 5) is 12.3. The molecule has 5 aromatic rings. The minimum absolute atomic E-state index is 0.235. The largest absolute Gasteiger partial charge is 0.426 e. The van der Waals surface area contributed by atoms with E-state index < -0.39 is 0 Å². The molecule has 0 atom stereocenters. The average molecular weight is 402 g/mol. The Hall–Kier alpha value is -3.91. The first-order valence-corrected chi connectivity index (χ1v) is 10.6. The molecule has 0 saturated heterocycles. The molecular formula is C29H22O2. The van der Waals surface area contributed by atoms with Crippen molar-refractivity contribution < 1.29 is 9.53 Å². The van der Waals surface area contributed by atoms with E-state index in [4.69, 9.17) is 4.74 Å². The van der Waals surface area contributed by atoms with Gasteiger partial charge in [-0.1, -0.05) is 104 Å². The Bertz CT molecular complexity index is 1390. The van der Waals surface area contributed by atoms with Crippen LogP contribution in [0.15, 0.2) is 103 Å². The first-order valence-electron chi connectivity index (χ1n) is 10.6. The van der Waals surface area contributed by atoms with E-state index in [2.05, 4.69) is 66.7 Å². The van der Waals surface area contributed by atoms with E-state index >= 15 is 0 Å². The number of ether oxygens (including phenoxy) is 1. The monoisotopic (exact) mass is 402 g/mol. The molecule has 0 aliphatic carbocycles. The maximum atomic E-state index is 12.3. The van der Waals surface area contributed by atoms with Gasteiger partial charge in [-0.25, -0.2) is 0 Å². The van der Waals surface area contributed by atoms with Crippen LogP contribution in [0.3, 0.4) is 0 Å². The predicted octanol–water partition coefficient (Wildman–Crippen LogP) is 7.64. The topological polar surface area (TPSA) is 26.3 Å². The van der Waals surface area contributed by atoms with Crippen molar-refractivity contribution in [3.8, 4) is 28.0 Å². The Balaban J connectivity index is 2.00. The van der Waals surface area contributed by atoms with Gasteiger partial charge in [0.2, 0.25) is 0 Å². The van der Waals surface area contributed by atoms with Crippen molar-refractivity contribution in [1.82, 2.24) is 0 Å². The molecule has 0 N–H and O–H groups in total. The fourth-order valence-electron chi connectivity index (χ4n) is 4.30. The van der Waals surface area contributed by atoms with Crippen LogP contribution in [0.5, 0.6) is 5.75 Å². The van der Waals surface area contributed by atoms with Gasteiger partial charge in [0.15, 0.2) is 0 Å². The lowest BCUT2D eigenvalue weighted by Gasteiger charge is -2.19. The zero-order valence-corrected chi connectivity index (χ0v) is 17.3. The van der Waals surface area contributed by atoms with Gasteiger partial charge in [0.25, 0.3) is 0 Å². The number of fused-ring (bicyclic) bond motifs is 2. The number of carbonyl (C=O) groups excluding carboxylic acids is 1. The van der Waals surface area contributed by atoms with Crippen molar-refractivity contribution in [1.29, 1.82) is 0 Å². The van der Waals surface area contributed by atoms with Crippen LogP contribution in [0.1, 0.15) is 13.3 Å². The van der Waals surface area contributed by atoms with Crippen molar-refractivity contribution in [3.63, 3.8) is 0 Å². The molecule has 0 radical (unpaired) electrons. The molecule has 0 aliphatic heterocycles. The zero-order chi connectivity index (χ0) is 21.2. The smallest absolute Gasteiger partial charge is 0.310 e. The number of hydrogen-bond acceptors (Lipinski definition) is 2. The van der Waals surface area contributed by atoms with Gasteiger partial charge >= 0.3 is 5.97 Å². The molecule has 2 nitrogen and oxygen atoms in total. The molecule has 5 rings (SSSR count). The SMILES string of the molecule is CCC(=O)Oc1cccc2c(-c3ccccc3)c3ccccc3c(-c3ccccc3)c12. The Morgan fingerprint density at radius 3 is 1.74 bits per heavy atom. The molecule has 0 unspecified atom stereocenters. The van der Waals surface area contributed by atoms with Crippen molar-refractivity contribution in [2.45, 2.75) is 13.3 Å². The van der Waals surface area contributed by atoms with E-state index in [1.165, 1.54) is 5.39 Å². The van der Waals surface area contributed by atoms with Crippen LogP contribution in [-0.4, -0.2) is 5.97 Å². The Morgan fingerprint density at radius 1 is 0.613 bits per heavy atom. The quantitative estimate of drug-likeness (QED) is 0.175. The molecule has 0 aliphatic rings. The third kappa shape index (κ3) is 3.36. The second-order valence-electron chi connectivity index (χ2n) is 7.53. The zero-order valence-electron chi connectivity index (χ0n) is 17.3. The highest BCUT2D eigenvalue weighted by Crippen LogP contribution is 2.46. The van der Waals surface area contributed by atoms with Crippen LogP contribution < -0.4 is 4.74 Å². The standard InChI is InChI=1S/C29H22O2/c1-2-26(30)31-25-19-11-18-24-27(20-12-5-3-6-13-20)22-16-9-10-17-23(22)28(29(24)25)21-14-7-4-8-15-21/h3-19H,2H2,1H3. The average Bonchev–Trinajstić information content (AvgIpc) is 2.83. The molecule has 0 aromatic heterocycles. The third-order valence-corrected chi connectivity index (χ3v) is 5.65. The Morgan fingerprint density at radius 2 is 1.13 bits per heavy atom. The van der Waals surface area contributed by atoms with Crippen molar-refractivity contribution in [2.24, 2.45) is 0 Å². The summed E-state index contributed by atoms with van der Waals surface area (Å²) in [6.07, 6.45) is 0.330. The molecule has 0 bridgehead atoms. The summed E-state index contributed by atoms with van der Waals surface area (Å²) < 4.78 is 5.84. The summed E-state index contributed by atoms with van der Waals surface area (Å²) in [6, 6.07) is 35.2. The van der Waals surface area contributed by atoms with Gasteiger partial charge in [0, 0.05) is 17.4 Å². The minimum atomic E-state index is -0.235. The second-order valence-corrected chi connectivity index (χ2v) is 7.53. The summed E-state index contributed by atoms with van der Waals surface area (Å²) in [5, 5.41) is 4.36. The minimum Gasteiger partial charge on any atom is -0.426 e. The summed E-state index contributed by atoms with van der Waals surface area (Å²) in [5.74, 6) is 0.368. The Kier molecular flexibility index (Phi) is 4.97. The van der Waals surface area contributed by atoms with Crippen LogP contribution >= 0.6 is 0 Å². The van der Waals surface area contributed by atoms with Gasteiger partial charge in [0.1, 0.15) is 5.75 Å². The van der Waals surface area contributed by atoms with E-state index in [-0.39, 0.29) is 5.97 Å². The predicted molar refractivity (Wildman–Crippen MR) is 128 cm³/mol. The summed E-state index contributed by atoms with van der Waals surface area (Å²) >= 11 is 0. The van der Waals surface area contributed by atoms with E-state index in [0.29, 0.717) is 12.2 Å². The molecule has 0 heterocycles. The molecule has 2 heteroatoms. The van der Waals surface area contributed by atoms with Gasteiger partial charge in [-0.05, 0) is 38.9 Å². The molecule has 0 spiro atoms. The fraction of sp³-hybridized carbons (Fsp3) is 0.0690. The highest BCUT2D eigenvalue weighted by Gasteiger charge is 2.20. The normalized spacial score (nSPS) is 11.0. The highest BCUT2D eigenvalue weighted by atomic mass is 16.5. The number of esters is 1. The maximum absolute atomic E-state index is 12.3. The molecule has 150 valence electrons. The number of rotatable bonds is 4. The van der Waals surface area contributed by atoms with Crippen molar-refractivity contribution in [3.05, 3.63) is 103 Å². The number of hydrogen-bond donors (Lipinski definition) is 0. The van der Waals surface area contributed by atoms with Crippen LogP contribution in [0.25, 0.3) is 43.8 Å². The van der Waals surface area contributed by atoms with Gasteiger partial charge in [-0.3, -0.25) is 4.79 Å². The summed E-state index contributed by atoms with van der Waals surface area (Å²) in [7, 11) is 0. The van der Waals surface area contributed by atoms with Crippen LogP contribution in [0.2, 0.25) is 0 Å². The number of benzene rings is 5. The van der Waals surface area contributed by atoms with Gasteiger partial charge in [-0.15, -0.1) is 0 Å². The van der Waals surface area contributed by atoms with E-state index in [1.54, 1.807) is 0 Å². The van der Waals surface area contributed by atoms with E-state index in [9.17, 15) is 4.79 Å². The number of carbonyl (C=O) groups is 1. The first kappa shape index (κ1) is 19.1. The van der Waals surface area contributed by atoms with Crippen LogP contribution in [-0.2, 0) is 4.79 Å². The summed E-state index contributed by atoms with van der Waals surface area (Å²) in [6.45, 7) is 1.82. The van der Waals surface area contributed by atoms with E-state index in [1.807, 2.05) is 43.3 Å². The molecular weight excluding hydrogens is 380 g/mol. The lowest BCUT2D eigenvalue weighted by atomic mass is 9.85. The van der Waals surface area contributed by atoms with Crippen molar-refractivity contribution >= 4 is 27.5 Å². The highest BCUT2D eigenvalue weighted by molar-refractivity contribution is 6.23. The van der Waals surface area contributed by atoms with Gasteiger partial charge in [-0.2, -0.15) is 0 Å². The van der Waals surface area contributed by atoms with Crippen LogP contribution in [0, 0.1) is 0 Å². The third-order valence-electron chi connectivity index (χ3n) is 5.65. The van der Waals surface area contributed by atoms with Gasteiger partial charge < -0.3 is 4.74 Å². The van der Waals surface area contributed by atoms with Crippen molar-refractivity contribution in [2.75, 3.05) is 0 Å². The second kappa shape index (κ2) is 8.08. The Labute approximate surface area is 181 Å². The van der Waals surface area contributed by atoms with E-state index in [0.717, 1.165) is 38.4 Å². The lowest BCUT2D eigenvalue weighted by molar-refractivity contribution is -0.133. The maximum Gasteiger partial charge on any atom is 0.310 e. The lowest BCUT2D eigenvalue weighted by Crippen LogP contribution is -2.06. The fourth-order valence-corrected chi connectivity index (χ4v) is 4.30. The molecule has 0 saturated carbocycles. The molecule has 5 aromatic carbocycles.